The first-order valence-corrected chi connectivity index (χ1v) is 4.62. The van der Waals surface area contributed by atoms with Gasteiger partial charge in [-0.15, -0.1) is 11.8 Å². The van der Waals surface area contributed by atoms with Gasteiger partial charge in [-0.1, -0.05) is 6.92 Å². The average molecular weight is 179 g/mol. The van der Waals surface area contributed by atoms with Crippen LogP contribution >= 0.6 is 11.8 Å². The van der Waals surface area contributed by atoms with Crippen LogP contribution in [0.5, 0.6) is 5.75 Å². The molecule has 3 heteroatoms. The molecular formula is C9H9NOS. The number of rotatable bonds is 2. The Labute approximate surface area is 75.8 Å². The van der Waals surface area contributed by atoms with Crippen molar-refractivity contribution in [3.05, 3.63) is 23.8 Å². The summed E-state index contributed by atoms with van der Waals surface area (Å²) >= 11 is 1.65. The van der Waals surface area contributed by atoms with E-state index in [1.165, 1.54) is 0 Å². The van der Waals surface area contributed by atoms with E-state index < -0.39 is 0 Å². The standard InChI is InChI=1S/C9H9NOS/c1-2-12-8-3-4-9(11)7(5-8)6-10/h3-5,11H,2H2,1H3. The van der Waals surface area contributed by atoms with Gasteiger partial charge in [-0.3, -0.25) is 0 Å². The summed E-state index contributed by atoms with van der Waals surface area (Å²) in [6, 6.07) is 6.99. The molecule has 0 radical (unpaired) electrons. The predicted molar refractivity (Wildman–Crippen MR) is 49.2 cm³/mol. The molecule has 0 spiro atoms. The molecule has 0 aliphatic rings. The lowest BCUT2D eigenvalue weighted by Crippen LogP contribution is -1.78. The van der Waals surface area contributed by atoms with E-state index in [0.29, 0.717) is 5.56 Å². The van der Waals surface area contributed by atoms with Crippen LogP contribution in [0.25, 0.3) is 0 Å². The number of aromatic hydroxyl groups is 1. The first-order valence-electron chi connectivity index (χ1n) is 3.64. The third-order valence-electron chi connectivity index (χ3n) is 1.40. The first-order chi connectivity index (χ1) is 5.77. The Morgan fingerprint density at radius 3 is 2.92 bits per heavy atom. The van der Waals surface area contributed by atoms with Crippen LogP contribution in [0.3, 0.4) is 0 Å². The lowest BCUT2D eigenvalue weighted by atomic mass is 10.2. The van der Waals surface area contributed by atoms with Gasteiger partial charge in [-0.2, -0.15) is 5.26 Å². The molecule has 62 valence electrons. The van der Waals surface area contributed by atoms with E-state index >= 15 is 0 Å². The molecule has 1 N–H and O–H groups in total. The molecule has 0 atom stereocenters. The first kappa shape index (κ1) is 8.95. The van der Waals surface area contributed by atoms with Gasteiger partial charge in [0.05, 0.1) is 5.56 Å². The molecule has 0 saturated heterocycles. The van der Waals surface area contributed by atoms with Gasteiger partial charge in [0, 0.05) is 4.90 Å². The highest BCUT2D eigenvalue weighted by Gasteiger charge is 2.00. The Bertz CT molecular complexity index is 317. The zero-order valence-corrected chi connectivity index (χ0v) is 7.56. The average Bonchev–Trinajstić information content (AvgIpc) is 2.09. The van der Waals surface area contributed by atoms with Gasteiger partial charge in [-0.25, -0.2) is 0 Å². The van der Waals surface area contributed by atoms with Crippen molar-refractivity contribution in [3.8, 4) is 11.8 Å². The Kier molecular flexibility index (Phi) is 3.01. The summed E-state index contributed by atoms with van der Waals surface area (Å²) < 4.78 is 0. The summed E-state index contributed by atoms with van der Waals surface area (Å²) in [7, 11) is 0. The maximum absolute atomic E-state index is 9.17. The number of phenolic OH excluding ortho intramolecular Hbond substituents is 1. The minimum absolute atomic E-state index is 0.0537. The molecule has 12 heavy (non-hydrogen) atoms. The van der Waals surface area contributed by atoms with Crippen LogP contribution in [-0.4, -0.2) is 10.9 Å². The number of hydrogen-bond donors (Lipinski definition) is 1. The molecule has 0 saturated carbocycles. The molecule has 0 fully saturated rings. The number of hydrogen-bond acceptors (Lipinski definition) is 3. The summed E-state index contributed by atoms with van der Waals surface area (Å²) in [4.78, 5) is 1.02. The normalized spacial score (nSPS) is 9.33. The monoisotopic (exact) mass is 179 g/mol. The molecule has 0 heterocycles. The largest absolute Gasteiger partial charge is 0.507 e. The van der Waals surface area contributed by atoms with E-state index in [1.54, 1.807) is 23.9 Å². The molecule has 0 amide bonds. The van der Waals surface area contributed by atoms with Crippen molar-refractivity contribution in [2.75, 3.05) is 5.75 Å². The quantitative estimate of drug-likeness (QED) is 0.709. The fraction of sp³-hybridized carbons (Fsp3) is 0.222. The van der Waals surface area contributed by atoms with Crippen molar-refractivity contribution in [1.29, 1.82) is 5.26 Å². The molecule has 1 aromatic rings. The van der Waals surface area contributed by atoms with Crippen LogP contribution in [0.2, 0.25) is 0 Å². The van der Waals surface area contributed by atoms with E-state index in [4.69, 9.17) is 5.26 Å². The minimum atomic E-state index is 0.0537. The van der Waals surface area contributed by atoms with Crippen molar-refractivity contribution < 1.29 is 5.11 Å². The topological polar surface area (TPSA) is 44.0 Å². The maximum Gasteiger partial charge on any atom is 0.133 e. The molecule has 1 rings (SSSR count). The SMILES string of the molecule is CCSc1ccc(O)c(C#N)c1. The summed E-state index contributed by atoms with van der Waals surface area (Å²) in [5.41, 5.74) is 0.341. The van der Waals surface area contributed by atoms with Gasteiger partial charge in [0.15, 0.2) is 0 Å². The summed E-state index contributed by atoms with van der Waals surface area (Å²) in [6.45, 7) is 2.05. The number of phenols is 1. The van der Waals surface area contributed by atoms with Crippen molar-refractivity contribution in [3.63, 3.8) is 0 Å². The molecule has 0 aliphatic carbocycles. The van der Waals surface area contributed by atoms with Crippen LogP contribution in [0, 0.1) is 11.3 Å². The van der Waals surface area contributed by atoms with Gasteiger partial charge in [0.25, 0.3) is 0 Å². The lowest BCUT2D eigenvalue weighted by Gasteiger charge is -1.99. The van der Waals surface area contributed by atoms with Gasteiger partial charge in [0.1, 0.15) is 11.8 Å². The molecule has 0 aromatic heterocycles. The number of benzene rings is 1. The lowest BCUT2D eigenvalue weighted by molar-refractivity contribution is 0.473. The van der Waals surface area contributed by atoms with Crippen molar-refractivity contribution in [2.24, 2.45) is 0 Å². The summed E-state index contributed by atoms with van der Waals surface area (Å²) in [5.74, 6) is 1.02. The second kappa shape index (κ2) is 4.03. The third-order valence-corrected chi connectivity index (χ3v) is 2.28. The third kappa shape index (κ3) is 1.93. The van der Waals surface area contributed by atoms with E-state index in [0.717, 1.165) is 10.6 Å². The summed E-state index contributed by atoms with van der Waals surface area (Å²) in [5, 5.41) is 17.8. The highest BCUT2D eigenvalue weighted by Crippen LogP contribution is 2.24. The fourth-order valence-electron chi connectivity index (χ4n) is 0.861. The van der Waals surface area contributed by atoms with Gasteiger partial charge in [0.2, 0.25) is 0 Å². The van der Waals surface area contributed by atoms with E-state index in [9.17, 15) is 5.11 Å². The van der Waals surface area contributed by atoms with E-state index in [1.807, 2.05) is 19.1 Å². The summed E-state index contributed by atoms with van der Waals surface area (Å²) in [6.07, 6.45) is 0. The second-order valence-electron chi connectivity index (χ2n) is 2.22. The number of nitriles is 1. The number of nitrogens with zero attached hydrogens (tertiary/aromatic N) is 1. The fourth-order valence-corrected chi connectivity index (χ4v) is 1.56. The Balaban J connectivity index is 2.99. The molecule has 0 unspecified atom stereocenters. The van der Waals surface area contributed by atoms with Crippen molar-refractivity contribution in [1.82, 2.24) is 0 Å². The molecular weight excluding hydrogens is 170 g/mol. The van der Waals surface area contributed by atoms with Crippen molar-refractivity contribution >= 4 is 11.8 Å². The minimum Gasteiger partial charge on any atom is -0.507 e. The number of thioether (sulfide) groups is 1. The van der Waals surface area contributed by atoms with E-state index in [2.05, 4.69) is 0 Å². The van der Waals surface area contributed by atoms with Crippen LogP contribution in [-0.2, 0) is 0 Å². The van der Waals surface area contributed by atoms with Crippen LogP contribution in [0.4, 0.5) is 0 Å². The zero-order valence-electron chi connectivity index (χ0n) is 6.74. The van der Waals surface area contributed by atoms with Crippen LogP contribution in [0.15, 0.2) is 23.1 Å². The smallest absolute Gasteiger partial charge is 0.133 e. The Morgan fingerprint density at radius 1 is 1.58 bits per heavy atom. The Morgan fingerprint density at radius 2 is 2.33 bits per heavy atom. The predicted octanol–water partition coefficient (Wildman–Crippen LogP) is 2.38. The zero-order chi connectivity index (χ0) is 8.97. The molecule has 1 aromatic carbocycles. The van der Waals surface area contributed by atoms with Crippen LogP contribution < -0.4 is 0 Å². The van der Waals surface area contributed by atoms with Gasteiger partial charge >= 0.3 is 0 Å². The van der Waals surface area contributed by atoms with Crippen LogP contribution in [0.1, 0.15) is 12.5 Å². The Hall–Kier alpha value is -1.14. The maximum atomic E-state index is 9.17. The molecule has 2 nitrogen and oxygen atoms in total. The van der Waals surface area contributed by atoms with Gasteiger partial charge in [-0.05, 0) is 24.0 Å². The van der Waals surface area contributed by atoms with Gasteiger partial charge < -0.3 is 5.11 Å². The molecule has 0 aliphatic heterocycles. The van der Waals surface area contributed by atoms with Crippen molar-refractivity contribution in [2.45, 2.75) is 11.8 Å². The second-order valence-corrected chi connectivity index (χ2v) is 3.56. The van der Waals surface area contributed by atoms with E-state index in [-0.39, 0.29) is 5.75 Å². The highest BCUT2D eigenvalue weighted by atomic mass is 32.2. The highest BCUT2D eigenvalue weighted by molar-refractivity contribution is 7.99. The molecule has 0 bridgehead atoms.